The average molecular weight is 266 g/mol. The van der Waals surface area contributed by atoms with Crippen molar-refractivity contribution in [2.24, 2.45) is 0 Å². The minimum atomic E-state index is -0.567. The van der Waals surface area contributed by atoms with Gasteiger partial charge in [-0.05, 0) is 25.0 Å². The van der Waals surface area contributed by atoms with E-state index in [1.807, 2.05) is 0 Å². The Balaban J connectivity index is 1.87. The SMILES string of the molecule is O=C(CN1CCCCC1=O)NC(CO)c1ccco1. The topological polar surface area (TPSA) is 82.8 Å². The Hall–Kier alpha value is -1.82. The molecule has 2 heterocycles. The van der Waals surface area contributed by atoms with Crippen LogP contribution in [0.2, 0.25) is 0 Å². The number of carbonyl (C=O) groups is 2. The molecule has 1 saturated heterocycles. The molecular weight excluding hydrogens is 248 g/mol. The summed E-state index contributed by atoms with van der Waals surface area (Å²) in [6.45, 7) is 0.417. The van der Waals surface area contributed by atoms with Crippen LogP contribution in [0.25, 0.3) is 0 Å². The van der Waals surface area contributed by atoms with Gasteiger partial charge in [-0.2, -0.15) is 0 Å². The summed E-state index contributed by atoms with van der Waals surface area (Å²) in [4.78, 5) is 25.0. The van der Waals surface area contributed by atoms with E-state index in [-0.39, 0.29) is 25.0 Å². The highest BCUT2D eigenvalue weighted by molar-refractivity contribution is 5.85. The number of likely N-dealkylation sites (tertiary alicyclic amines) is 1. The molecule has 1 aliphatic heterocycles. The normalized spacial score (nSPS) is 17.3. The zero-order valence-corrected chi connectivity index (χ0v) is 10.7. The summed E-state index contributed by atoms with van der Waals surface area (Å²) in [5.41, 5.74) is 0. The molecule has 1 atom stereocenters. The first-order valence-corrected chi connectivity index (χ1v) is 6.42. The van der Waals surface area contributed by atoms with Crippen molar-refractivity contribution in [1.29, 1.82) is 0 Å². The molecule has 104 valence electrons. The second kappa shape index (κ2) is 6.38. The van der Waals surface area contributed by atoms with Crippen molar-refractivity contribution in [3.63, 3.8) is 0 Å². The lowest BCUT2D eigenvalue weighted by molar-refractivity contribution is -0.138. The van der Waals surface area contributed by atoms with Gasteiger partial charge in [0.2, 0.25) is 11.8 Å². The minimum Gasteiger partial charge on any atom is -0.467 e. The first-order valence-electron chi connectivity index (χ1n) is 6.42. The van der Waals surface area contributed by atoms with Crippen LogP contribution in [0.1, 0.15) is 31.1 Å². The molecular formula is C13H18N2O4. The number of aliphatic hydroxyl groups is 1. The maximum absolute atomic E-state index is 11.9. The van der Waals surface area contributed by atoms with Gasteiger partial charge in [-0.25, -0.2) is 0 Å². The molecule has 2 N–H and O–H groups in total. The largest absolute Gasteiger partial charge is 0.467 e. The summed E-state index contributed by atoms with van der Waals surface area (Å²) in [6, 6.07) is 2.81. The smallest absolute Gasteiger partial charge is 0.240 e. The summed E-state index contributed by atoms with van der Waals surface area (Å²) in [5.74, 6) is 0.228. The Labute approximate surface area is 111 Å². The molecule has 0 radical (unpaired) electrons. The van der Waals surface area contributed by atoms with Crippen LogP contribution < -0.4 is 5.32 Å². The van der Waals surface area contributed by atoms with Crippen LogP contribution in [0.5, 0.6) is 0 Å². The summed E-state index contributed by atoms with van der Waals surface area (Å²) >= 11 is 0. The Kier molecular flexibility index (Phi) is 4.57. The van der Waals surface area contributed by atoms with Gasteiger partial charge in [0.05, 0.1) is 19.4 Å². The highest BCUT2D eigenvalue weighted by Gasteiger charge is 2.22. The van der Waals surface area contributed by atoms with Crippen molar-refractivity contribution < 1.29 is 19.1 Å². The van der Waals surface area contributed by atoms with Crippen LogP contribution in [0.4, 0.5) is 0 Å². The molecule has 2 amide bonds. The van der Waals surface area contributed by atoms with E-state index in [4.69, 9.17) is 4.42 Å². The predicted molar refractivity (Wildman–Crippen MR) is 67.1 cm³/mol. The first-order chi connectivity index (χ1) is 9.20. The van der Waals surface area contributed by atoms with E-state index < -0.39 is 6.04 Å². The number of nitrogens with one attached hydrogen (secondary N) is 1. The van der Waals surface area contributed by atoms with E-state index in [1.54, 1.807) is 17.0 Å². The van der Waals surface area contributed by atoms with Gasteiger partial charge in [0.15, 0.2) is 0 Å². The molecule has 0 aromatic carbocycles. The summed E-state index contributed by atoms with van der Waals surface area (Å²) in [5, 5.41) is 11.9. The van der Waals surface area contributed by atoms with Crippen LogP contribution in [0.15, 0.2) is 22.8 Å². The monoisotopic (exact) mass is 266 g/mol. The Morgan fingerprint density at radius 3 is 3.00 bits per heavy atom. The van der Waals surface area contributed by atoms with Crippen molar-refractivity contribution in [3.05, 3.63) is 24.2 Å². The zero-order valence-electron chi connectivity index (χ0n) is 10.7. The lowest BCUT2D eigenvalue weighted by atomic mass is 10.1. The molecule has 1 aromatic heterocycles. The number of carbonyl (C=O) groups excluding carboxylic acids is 2. The fourth-order valence-electron chi connectivity index (χ4n) is 2.14. The molecule has 0 spiro atoms. The highest BCUT2D eigenvalue weighted by atomic mass is 16.3. The number of piperidine rings is 1. The van der Waals surface area contributed by atoms with Crippen LogP contribution in [-0.2, 0) is 9.59 Å². The zero-order chi connectivity index (χ0) is 13.7. The molecule has 1 fully saturated rings. The van der Waals surface area contributed by atoms with Gasteiger partial charge < -0.3 is 19.7 Å². The molecule has 1 unspecified atom stereocenters. The molecule has 1 aromatic rings. The lowest BCUT2D eigenvalue weighted by Gasteiger charge is -2.26. The predicted octanol–water partition coefficient (Wildman–Crippen LogP) is 0.442. The maximum Gasteiger partial charge on any atom is 0.240 e. The van der Waals surface area contributed by atoms with Crippen molar-refractivity contribution in [2.75, 3.05) is 19.7 Å². The fourth-order valence-corrected chi connectivity index (χ4v) is 2.14. The molecule has 0 bridgehead atoms. The van der Waals surface area contributed by atoms with Gasteiger partial charge in [-0.1, -0.05) is 0 Å². The lowest BCUT2D eigenvalue weighted by Crippen LogP contribution is -2.44. The van der Waals surface area contributed by atoms with Gasteiger partial charge in [0.1, 0.15) is 11.8 Å². The van der Waals surface area contributed by atoms with Crippen LogP contribution in [0.3, 0.4) is 0 Å². The van der Waals surface area contributed by atoms with E-state index in [0.717, 1.165) is 12.8 Å². The van der Waals surface area contributed by atoms with Gasteiger partial charge in [0.25, 0.3) is 0 Å². The van der Waals surface area contributed by atoms with Gasteiger partial charge in [-0.3, -0.25) is 9.59 Å². The molecule has 0 saturated carbocycles. The van der Waals surface area contributed by atoms with Crippen LogP contribution >= 0.6 is 0 Å². The number of hydrogen-bond donors (Lipinski definition) is 2. The second-order valence-electron chi connectivity index (χ2n) is 4.59. The number of amides is 2. The first kappa shape index (κ1) is 13.6. The number of hydrogen-bond acceptors (Lipinski definition) is 4. The molecule has 1 aliphatic rings. The second-order valence-corrected chi connectivity index (χ2v) is 4.59. The third-order valence-electron chi connectivity index (χ3n) is 3.16. The Bertz CT molecular complexity index is 430. The van der Waals surface area contributed by atoms with Gasteiger partial charge in [0, 0.05) is 13.0 Å². The van der Waals surface area contributed by atoms with E-state index in [9.17, 15) is 14.7 Å². The number of furan rings is 1. The Morgan fingerprint density at radius 2 is 2.37 bits per heavy atom. The van der Waals surface area contributed by atoms with Crippen LogP contribution in [0, 0.1) is 0 Å². The molecule has 0 aliphatic carbocycles. The van der Waals surface area contributed by atoms with Gasteiger partial charge in [-0.15, -0.1) is 0 Å². The number of rotatable bonds is 5. The maximum atomic E-state index is 11.9. The van der Waals surface area contributed by atoms with Crippen molar-refractivity contribution in [3.8, 4) is 0 Å². The van der Waals surface area contributed by atoms with E-state index in [1.165, 1.54) is 6.26 Å². The number of aliphatic hydroxyl groups excluding tert-OH is 1. The van der Waals surface area contributed by atoms with E-state index >= 15 is 0 Å². The molecule has 19 heavy (non-hydrogen) atoms. The van der Waals surface area contributed by atoms with Crippen molar-refractivity contribution >= 4 is 11.8 Å². The average Bonchev–Trinajstić information content (AvgIpc) is 2.92. The van der Waals surface area contributed by atoms with E-state index in [0.29, 0.717) is 18.7 Å². The molecule has 6 heteroatoms. The van der Waals surface area contributed by atoms with Crippen LogP contribution in [-0.4, -0.2) is 41.5 Å². The van der Waals surface area contributed by atoms with E-state index in [2.05, 4.69) is 5.32 Å². The van der Waals surface area contributed by atoms with Crippen molar-refractivity contribution in [1.82, 2.24) is 10.2 Å². The third kappa shape index (κ3) is 3.57. The summed E-state index contributed by atoms with van der Waals surface area (Å²) in [7, 11) is 0. The minimum absolute atomic E-state index is 0.0138. The fraction of sp³-hybridized carbons (Fsp3) is 0.538. The number of nitrogens with zero attached hydrogens (tertiary/aromatic N) is 1. The highest BCUT2D eigenvalue weighted by Crippen LogP contribution is 2.13. The standard InChI is InChI=1S/C13H18N2O4/c16-9-10(11-4-3-7-19-11)14-12(17)8-15-6-2-1-5-13(15)18/h3-4,7,10,16H,1-2,5-6,8-9H2,(H,14,17). The summed E-state index contributed by atoms with van der Waals surface area (Å²) in [6.07, 6.45) is 3.82. The third-order valence-corrected chi connectivity index (χ3v) is 3.16. The quantitative estimate of drug-likeness (QED) is 0.810. The van der Waals surface area contributed by atoms with Gasteiger partial charge >= 0.3 is 0 Å². The summed E-state index contributed by atoms with van der Waals surface area (Å²) < 4.78 is 5.14. The Morgan fingerprint density at radius 1 is 1.53 bits per heavy atom. The molecule has 6 nitrogen and oxygen atoms in total. The molecule has 2 rings (SSSR count). The van der Waals surface area contributed by atoms with Crippen molar-refractivity contribution in [2.45, 2.75) is 25.3 Å².